The highest BCUT2D eigenvalue weighted by atomic mass is 35.5. The van der Waals surface area contributed by atoms with Crippen LogP contribution in [0, 0.1) is 5.92 Å². The molecule has 20 heavy (non-hydrogen) atoms. The summed E-state index contributed by atoms with van der Waals surface area (Å²) in [6, 6.07) is 5.10. The van der Waals surface area contributed by atoms with E-state index in [4.69, 9.17) is 17.3 Å². The predicted octanol–water partition coefficient (Wildman–Crippen LogP) is 3.23. The predicted molar refractivity (Wildman–Crippen MR) is 86.1 cm³/mol. The number of nitrogens with zero attached hydrogens (tertiary/aromatic N) is 1. The maximum absolute atomic E-state index is 11.9. The first-order valence-corrected chi connectivity index (χ1v) is 7.33. The van der Waals surface area contributed by atoms with Gasteiger partial charge < -0.3 is 16.0 Å². The summed E-state index contributed by atoms with van der Waals surface area (Å²) >= 11 is 5.84. The van der Waals surface area contributed by atoms with Gasteiger partial charge in [-0.15, -0.1) is 0 Å². The number of benzene rings is 1. The zero-order valence-corrected chi connectivity index (χ0v) is 13.2. The van der Waals surface area contributed by atoms with Crippen LogP contribution in [0.2, 0.25) is 5.02 Å². The minimum atomic E-state index is -0.0114. The average Bonchev–Trinajstić information content (AvgIpc) is 2.40. The molecular formula is C15H24ClN3O. The van der Waals surface area contributed by atoms with E-state index in [1.165, 1.54) is 0 Å². The molecule has 0 spiro atoms. The molecule has 0 bridgehead atoms. The number of anilines is 2. The van der Waals surface area contributed by atoms with Gasteiger partial charge in [0.15, 0.2) is 0 Å². The Kier molecular flexibility index (Phi) is 6.82. The number of hydrogen-bond acceptors (Lipinski definition) is 3. The fourth-order valence-corrected chi connectivity index (χ4v) is 2.01. The lowest BCUT2D eigenvalue weighted by Crippen LogP contribution is -2.28. The molecule has 0 aliphatic heterocycles. The molecule has 4 nitrogen and oxygen atoms in total. The summed E-state index contributed by atoms with van der Waals surface area (Å²) in [7, 11) is 2.04. The molecule has 0 saturated carbocycles. The van der Waals surface area contributed by atoms with Crippen LogP contribution in [0.4, 0.5) is 11.4 Å². The number of amides is 1. The Labute approximate surface area is 126 Å². The molecular weight excluding hydrogens is 274 g/mol. The van der Waals surface area contributed by atoms with E-state index in [2.05, 4.69) is 24.1 Å². The summed E-state index contributed by atoms with van der Waals surface area (Å²) in [6.45, 7) is 6.15. The molecule has 1 unspecified atom stereocenters. The van der Waals surface area contributed by atoms with E-state index in [1.807, 2.05) is 7.05 Å². The van der Waals surface area contributed by atoms with Gasteiger partial charge in [0.1, 0.15) is 0 Å². The number of nitrogen functional groups attached to an aromatic ring is 1. The summed E-state index contributed by atoms with van der Waals surface area (Å²) in [5.74, 6) is 0.641. The molecule has 0 saturated heterocycles. The van der Waals surface area contributed by atoms with Crippen LogP contribution >= 0.6 is 11.6 Å². The average molecular weight is 298 g/mol. The van der Waals surface area contributed by atoms with Crippen molar-refractivity contribution in [2.75, 3.05) is 31.2 Å². The van der Waals surface area contributed by atoms with Crippen molar-refractivity contribution in [2.24, 2.45) is 5.92 Å². The normalized spacial score (nSPS) is 12.4. The molecule has 0 heterocycles. The fourth-order valence-electron chi connectivity index (χ4n) is 1.89. The van der Waals surface area contributed by atoms with E-state index in [0.717, 1.165) is 19.5 Å². The minimum absolute atomic E-state index is 0.0114. The summed E-state index contributed by atoms with van der Waals surface area (Å²) in [6.07, 6.45) is 1.62. The van der Waals surface area contributed by atoms with Gasteiger partial charge >= 0.3 is 0 Å². The first-order chi connectivity index (χ1) is 9.42. The van der Waals surface area contributed by atoms with Crippen molar-refractivity contribution in [2.45, 2.75) is 26.7 Å². The van der Waals surface area contributed by atoms with Gasteiger partial charge in [-0.25, -0.2) is 0 Å². The zero-order chi connectivity index (χ0) is 15.1. The van der Waals surface area contributed by atoms with Crippen molar-refractivity contribution < 1.29 is 4.79 Å². The Morgan fingerprint density at radius 1 is 1.50 bits per heavy atom. The molecule has 1 rings (SSSR count). The summed E-state index contributed by atoms with van der Waals surface area (Å²) in [5, 5.41) is 3.32. The highest BCUT2D eigenvalue weighted by Gasteiger charge is 2.08. The van der Waals surface area contributed by atoms with Crippen LogP contribution < -0.4 is 11.1 Å². The molecule has 3 N–H and O–H groups in total. The largest absolute Gasteiger partial charge is 0.397 e. The van der Waals surface area contributed by atoms with Crippen molar-refractivity contribution in [1.82, 2.24) is 4.90 Å². The number of rotatable bonds is 7. The second-order valence-corrected chi connectivity index (χ2v) is 5.72. The number of halogens is 1. The first-order valence-electron chi connectivity index (χ1n) is 6.95. The Balaban J connectivity index is 2.38. The molecule has 0 aliphatic rings. The van der Waals surface area contributed by atoms with Crippen molar-refractivity contribution in [1.29, 1.82) is 0 Å². The monoisotopic (exact) mass is 297 g/mol. The second-order valence-electron chi connectivity index (χ2n) is 5.31. The van der Waals surface area contributed by atoms with Crippen LogP contribution in [0.3, 0.4) is 0 Å². The summed E-state index contributed by atoms with van der Waals surface area (Å²) in [5.41, 5.74) is 6.85. The van der Waals surface area contributed by atoms with Gasteiger partial charge in [0, 0.05) is 25.2 Å². The van der Waals surface area contributed by atoms with E-state index < -0.39 is 0 Å². The Morgan fingerprint density at radius 3 is 2.80 bits per heavy atom. The topological polar surface area (TPSA) is 58.4 Å². The van der Waals surface area contributed by atoms with E-state index in [-0.39, 0.29) is 5.91 Å². The molecule has 1 aromatic rings. The number of nitrogens with two attached hydrogens (primary N) is 1. The van der Waals surface area contributed by atoms with Gasteiger partial charge in [0.05, 0.1) is 10.7 Å². The third kappa shape index (κ3) is 5.80. The lowest BCUT2D eigenvalue weighted by Gasteiger charge is -2.20. The molecule has 0 fully saturated rings. The SMILES string of the molecule is CCC(C)CN(C)CCC(=O)Nc1ccc(Cl)c(N)c1. The summed E-state index contributed by atoms with van der Waals surface area (Å²) in [4.78, 5) is 14.0. The summed E-state index contributed by atoms with van der Waals surface area (Å²) < 4.78 is 0. The van der Waals surface area contributed by atoms with Gasteiger partial charge in [0.2, 0.25) is 5.91 Å². The van der Waals surface area contributed by atoms with E-state index in [1.54, 1.807) is 18.2 Å². The maximum atomic E-state index is 11.9. The Bertz CT molecular complexity index is 451. The van der Waals surface area contributed by atoms with Crippen molar-refractivity contribution in [3.8, 4) is 0 Å². The minimum Gasteiger partial charge on any atom is -0.397 e. The molecule has 1 atom stereocenters. The van der Waals surface area contributed by atoms with Crippen LogP contribution in [0.1, 0.15) is 26.7 Å². The number of nitrogens with one attached hydrogen (secondary N) is 1. The zero-order valence-electron chi connectivity index (χ0n) is 12.4. The van der Waals surface area contributed by atoms with Gasteiger partial charge in [0.25, 0.3) is 0 Å². The smallest absolute Gasteiger partial charge is 0.225 e. The van der Waals surface area contributed by atoms with E-state index in [0.29, 0.717) is 28.7 Å². The first kappa shape index (κ1) is 16.8. The Hall–Kier alpha value is -1.26. The van der Waals surface area contributed by atoms with E-state index in [9.17, 15) is 4.79 Å². The molecule has 112 valence electrons. The van der Waals surface area contributed by atoms with Gasteiger partial charge in [-0.05, 0) is 31.2 Å². The highest BCUT2D eigenvalue weighted by molar-refractivity contribution is 6.33. The van der Waals surface area contributed by atoms with Crippen LogP contribution in [0.25, 0.3) is 0 Å². The standard InChI is InChI=1S/C15H24ClN3O/c1-4-11(2)10-19(3)8-7-15(20)18-12-5-6-13(16)14(17)9-12/h5-6,9,11H,4,7-8,10,17H2,1-3H3,(H,18,20). The second kappa shape index (κ2) is 8.12. The van der Waals surface area contributed by atoms with Gasteiger partial charge in [-0.1, -0.05) is 31.9 Å². The van der Waals surface area contributed by atoms with Crippen molar-refractivity contribution in [3.63, 3.8) is 0 Å². The van der Waals surface area contributed by atoms with Crippen LogP contribution in [0.5, 0.6) is 0 Å². The Morgan fingerprint density at radius 2 is 2.20 bits per heavy atom. The number of carbonyl (C=O) groups is 1. The van der Waals surface area contributed by atoms with Gasteiger partial charge in [-0.3, -0.25) is 4.79 Å². The lowest BCUT2D eigenvalue weighted by molar-refractivity contribution is -0.116. The van der Waals surface area contributed by atoms with Crippen molar-refractivity contribution >= 4 is 28.9 Å². The quantitative estimate of drug-likeness (QED) is 0.760. The number of carbonyl (C=O) groups excluding carboxylic acids is 1. The van der Waals surface area contributed by atoms with Crippen LogP contribution in [-0.4, -0.2) is 30.9 Å². The molecule has 1 aromatic carbocycles. The van der Waals surface area contributed by atoms with E-state index >= 15 is 0 Å². The van der Waals surface area contributed by atoms with Crippen molar-refractivity contribution in [3.05, 3.63) is 23.2 Å². The van der Waals surface area contributed by atoms with Gasteiger partial charge in [-0.2, -0.15) is 0 Å². The number of hydrogen-bond donors (Lipinski definition) is 2. The molecule has 0 aliphatic carbocycles. The molecule has 1 amide bonds. The third-order valence-electron chi connectivity index (χ3n) is 3.32. The third-order valence-corrected chi connectivity index (χ3v) is 3.66. The fraction of sp³-hybridized carbons (Fsp3) is 0.533. The maximum Gasteiger partial charge on any atom is 0.225 e. The lowest BCUT2D eigenvalue weighted by atomic mass is 10.1. The van der Waals surface area contributed by atoms with Crippen LogP contribution in [-0.2, 0) is 4.79 Å². The van der Waals surface area contributed by atoms with Crippen LogP contribution in [0.15, 0.2) is 18.2 Å². The molecule has 0 radical (unpaired) electrons. The molecule has 0 aromatic heterocycles. The molecule has 5 heteroatoms. The highest BCUT2D eigenvalue weighted by Crippen LogP contribution is 2.22.